The number of nitro benzene ring substituents is 1. The molecule has 0 spiro atoms. The van der Waals surface area contributed by atoms with E-state index in [1.54, 1.807) is 18.2 Å². The van der Waals surface area contributed by atoms with Gasteiger partial charge in [-0.05, 0) is 24.3 Å². The Bertz CT molecular complexity index is 1190. The molecule has 0 saturated heterocycles. The number of halogens is 2. The molecule has 0 saturated carbocycles. The molecule has 1 heterocycles. The Morgan fingerprint density at radius 3 is 2.71 bits per heavy atom. The number of hydrogen-bond donors (Lipinski definition) is 1. The monoisotopic (exact) mass is 464 g/mol. The molecule has 0 aliphatic carbocycles. The van der Waals surface area contributed by atoms with Crippen LogP contribution in [0.5, 0.6) is 5.75 Å². The minimum absolute atomic E-state index is 0.00939. The van der Waals surface area contributed by atoms with Gasteiger partial charge < -0.3 is 5.11 Å². The quantitative estimate of drug-likeness (QED) is 0.348. The van der Waals surface area contributed by atoms with Crippen LogP contribution in [-0.2, 0) is 0 Å². The van der Waals surface area contributed by atoms with Gasteiger partial charge in [-0.3, -0.25) is 14.9 Å². The van der Waals surface area contributed by atoms with Crippen molar-refractivity contribution in [2.75, 3.05) is 0 Å². The van der Waals surface area contributed by atoms with Gasteiger partial charge in [-0.2, -0.15) is 9.78 Å². The molecule has 0 unspecified atom stereocenters. The van der Waals surface area contributed by atoms with Crippen molar-refractivity contribution in [3.63, 3.8) is 0 Å². The molecule has 2 aromatic carbocycles. The second kappa shape index (κ2) is 7.69. The predicted octanol–water partition coefficient (Wildman–Crippen LogP) is 4.43. The first-order valence-electron chi connectivity index (χ1n) is 8.12. The topological polar surface area (TPSA) is 111 Å². The third kappa shape index (κ3) is 3.76. The molecular weight excluding hydrogens is 452 g/mol. The van der Waals surface area contributed by atoms with E-state index >= 15 is 0 Å². The molecule has 1 N–H and O–H groups in total. The molecule has 0 amide bonds. The molecule has 144 valence electrons. The van der Waals surface area contributed by atoms with Gasteiger partial charge in [-0.1, -0.05) is 41.4 Å². The molecule has 0 aliphatic rings. The summed E-state index contributed by atoms with van der Waals surface area (Å²) in [4.78, 5) is 27.8. The van der Waals surface area contributed by atoms with Crippen LogP contribution in [0.15, 0.2) is 44.7 Å². The number of phenolic OH excluding ortho intramolecular Hbond substituents is 1. The fraction of sp³-hybridized carbons (Fsp3) is 0.167. The molecule has 0 radical (unpaired) electrons. The zero-order valence-electron chi connectivity index (χ0n) is 14.8. The van der Waals surface area contributed by atoms with Crippen molar-refractivity contribution in [1.82, 2.24) is 9.66 Å². The second-order valence-electron chi connectivity index (χ2n) is 6.27. The van der Waals surface area contributed by atoms with E-state index in [2.05, 4.69) is 26.0 Å². The molecule has 0 atom stereocenters. The van der Waals surface area contributed by atoms with Crippen molar-refractivity contribution in [3.8, 4) is 5.75 Å². The van der Waals surface area contributed by atoms with Crippen LogP contribution in [0.4, 0.5) is 5.69 Å². The maximum Gasteiger partial charge on any atom is 0.312 e. The zero-order valence-corrected chi connectivity index (χ0v) is 17.1. The molecule has 0 aliphatic heterocycles. The number of phenols is 1. The van der Waals surface area contributed by atoms with E-state index in [4.69, 9.17) is 11.6 Å². The van der Waals surface area contributed by atoms with E-state index in [0.717, 1.165) is 21.4 Å². The summed E-state index contributed by atoms with van der Waals surface area (Å²) in [6.07, 6.45) is 1.15. The number of benzene rings is 2. The molecule has 3 aromatic rings. The minimum atomic E-state index is -0.751. The van der Waals surface area contributed by atoms with Crippen LogP contribution in [0.2, 0.25) is 5.02 Å². The minimum Gasteiger partial charge on any atom is -0.502 e. The second-order valence-corrected chi connectivity index (χ2v) is 7.62. The summed E-state index contributed by atoms with van der Waals surface area (Å²) in [5, 5.41) is 25.7. The molecule has 1 aromatic heterocycles. The van der Waals surface area contributed by atoms with Crippen LogP contribution in [0.3, 0.4) is 0 Å². The Hall–Kier alpha value is -2.78. The van der Waals surface area contributed by atoms with Crippen LogP contribution < -0.4 is 5.56 Å². The van der Waals surface area contributed by atoms with Gasteiger partial charge in [0, 0.05) is 27.0 Å². The van der Waals surface area contributed by atoms with Gasteiger partial charge in [0.2, 0.25) is 5.75 Å². The lowest BCUT2D eigenvalue weighted by Gasteiger charge is -2.12. The Morgan fingerprint density at radius 1 is 1.36 bits per heavy atom. The van der Waals surface area contributed by atoms with Gasteiger partial charge in [-0.25, -0.2) is 4.98 Å². The van der Waals surface area contributed by atoms with Crippen LogP contribution >= 0.6 is 27.5 Å². The molecule has 0 bridgehead atoms. The van der Waals surface area contributed by atoms with Gasteiger partial charge in [0.1, 0.15) is 5.82 Å². The standard InChI is InChI=1S/C18H14BrClN4O4/c1-9(2)17-22-14-4-3-11(19)6-13(14)18(26)23(17)21-8-10-5-12(20)7-15(16(10)25)24(27)28/h3-9,25H,1-2H3. The Morgan fingerprint density at radius 2 is 2.07 bits per heavy atom. The zero-order chi connectivity index (χ0) is 20.6. The summed E-state index contributed by atoms with van der Waals surface area (Å²) in [7, 11) is 0. The molecule has 28 heavy (non-hydrogen) atoms. The normalized spacial score (nSPS) is 11.6. The summed E-state index contributed by atoms with van der Waals surface area (Å²) in [6, 6.07) is 7.51. The maximum absolute atomic E-state index is 12.9. The number of hydrogen-bond acceptors (Lipinski definition) is 6. The highest BCUT2D eigenvalue weighted by Gasteiger charge is 2.18. The number of aromatic nitrogens is 2. The number of fused-ring (bicyclic) bond motifs is 1. The van der Waals surface area contributed by atoms with Crippen LogP contribution in [0.25, 0.3) is 10.9 Å². The van der Waals surface area contributed by atoms with E-state index in [-0.39, 0.29) is 16.5 Å². The van der Waals surface area contributed by atoms with Crippen LogP contribution in [0.1, 0.15) is 31.2 Å². The summed E-state index contributed by atoms with van der Waals surface area (Å²) in [5.41, 5.74) is -0.409. The molecule has 10 heteroatoms. The fourth-order valence-electron chi connectivity index (χ4n) is 2.61. The smallest absolute Gasteiger partial charge is 0.312 e. The molecule has 0 fully saturated rings. The van der Waals surface area contributed by atoms with Crippen molar-refractivity contribution in [1.29, 1.82) is 0 Å². The lowest BCUT2D eigenvalue weighted by Crippen LogP contribution is -2.23. The van der Waals surface area contributed by atoms with Gasteiger partial charge in [0.15, 0.2) is 0 Å². The SMILES string of the molecule is CC(C)c1nc2ccc(Br)cc2c(=O)n1N=Cc1cc(Cl)cc([N+](=O)[O-])c1O. The number of aromatic hydroxyl groups is 1. The van der Waals surface area contributed by atoms with E-state index in [1.165, 1.54) is 6.07 Å². The number of rotatable bonds is 4. The maximum atomic E-state index is 12.9. The van der Waals surface area contributed by atoms with Crippen molar-refractivity contribution >= 4 is 50.3 Å². The first-order chi connectivity index (χ1) is 13.2. The lowest BCUT2D eigenvalue weighted by molar-refractivity contribution is -0.385. The third-order valence-corrected chi connectivity index (χ3v) is 4.65. The van der Waals surface area contributed by atoms with Crippen molar-refractivity contribution in [3.05, 3.63) is 71.7 Å². The summed E-state index contributed by atoms with van der Waals surface area (Å²) in [6.45, 7) is 3.72. The molecule has 8 nitrogen and oxygen atoms in total. The van der Waals surface area contributed by atoms with Gasteiger partial charge in [0.25, 0.3) is 5.56 Å². The van der Waals surface area contributed by atoms with E-state index in [0.29, 0.717) is 16.7 Å². The lowest BCUT2D eigenvalue weighted by atomic mass is 10.2. The summed E-state index contributed by atoms with van der Waals surface area (Å²) in [5.74, 6) is -0.305. The highest BCUT2D eigenvalue weighted by atomic mass is 79.9. The highest BCUT2D eigenvalue weighted by molar-refractivity contribution is 9.10. The summed E-state index contributed by atoms with van der Waals surface area (Å²) >= 11 is 9.22. The predicted molar refractivity (Wildman–Crippen MR) is 111 cm³/mol. The van der Waals surface area contributed by atoms with Gasteiger partial charge >= 0.3 is 5.69 Å². The van der Waals surface area contributed by atoms with Crippen LogP contribution in [0, 0.1) is 10.1 Å². The molecule has 3 rings (SSSR count). The van der Waals surface area contributed by atoms with E-state index in [1.807, 2.05) is 13.8 Å². The fourth-order valence-corrected chi connectivity index (χ4v) is 3.20. The number of nitrogens with zero attached hydrogens (tertiary/aromatic N) is 4. The highest BCUT2D eigenvalue weighted by Crippen LogP contribution is 2.32. The Labute approximate surface area is 172 Å². The molecular formula is C18H14BrClN4O4. The average molecular weight is 466 g/mol. The van der Waals surface area contributed by atoms with Crippen LogP contribution in [-0.4, -0.2) is 25.9 Å². The first-order valence-corrected chi connectivity index (χ1v) is 9.29. The Kier molecular flexibility index (Phi) is 5.48. The van der Waals surface area contributed by atoms with Gasteiger partial charge in [-0.15, -0.1) is 0 Å². The van der Waals surface area contributed by atoms with Crippen molar-refractivity contribution in [2.24, 2.45) is 5.10 Å². The van der Waals surface area contributed by atoms with Crippen molar-refractivity contribution < 1.29 is 10.0 Å². The third-order valence-electron chi connectivity index (χ3n) is 3.94. The number of nitro groups is 1. The Balaban J connectivity index is 2.22. The largest absolute Gasteiger partial charge is 0.502 e. The van der Waals surface area contributed by atoms with Crippen molar-refractivity contribution in [2.45, 2.75) is 19.8 Å². The van der Waals surface area contributed by atoms with Gasteiger partial charge in [0.05, 0.1) is 22.0 Å². The van der Waals surface area contributed by atoms with E-state index < -0.39 is 21.9 Å². The average Bonchev–Trinajstić information content (AvgIpc) is 2.63. The van der Waals surface area contributed by atoms with E-state index in [9.17, 15) is 20.0 Å². The first kappa shape index (κ1) is 20.0. The summed E-state index contributed by atoms with van der Waals surface area (Å²) < 4.78 is 1.83.